The molecule has 0 aliphatic carbocycles. The summed E-state index contributed by atoms with van der Waals surface area (Å²) in [5, 5.41) is 16.2. The van der Waals surface area contributed by atoms with Gasteiger partial charge in [0, 0.05) is 32.1 Å². The lowest BCUT2D eigenvalue weighted by Crippen LogP contribution is -2.34. The van der Waals surface area contributed by atoms with Gasteiger partial charge in [0.15, 0.2) is 0 Å². The van der Waals surface area contributed by atoms with Crippen LogP contribution in [0.3, 0.4) is 0 Å². The van der Waals surface area contributed by atoms with Crippen molar-refractivity contribution in [3.8, 4) is 0 Å². The molecule has 1 amide bonds. The van der Waals surface area contributed by atoms with E-state index in [2.05, 4.69) is 21.4 Å². The summed E-state index contributed by atoms with van der Waals surface area (Å²) in [6, 6.07) is 7.97. The van der Waals surface area contributed by atoms with Gasteiger partial charge in [0.05, 0.1) is 11.8 Å². The van der Waals surface area contributed by atoms with Gasteiger partial charge in [-0.1, -0.05) is 12.1 Å². The number of hydrogen-bond acceptors (Lipinski definition) is 4. The fourth-order valence-electron chi connectivity index (χ4n) is 3.07. The van der Waals surface area contributed by atoms with Crippen molar-refractivity contribution in [1.82, 2.24) is 14.7 Å². The summed E-state index contributed by atoms with van der Waals surface area (Å²) in [6.07, 6.45) is 5.36. The molecule has 2 heterocycles. The first-order valence-electron chi connectivity index (χ1n) is 8.36. The lowest BCUT2D eigenvalue weighted by atomic mass is 9.97. The number of aliphatic hydroxyl groups excluding tert-OH is 1. The predicted octanol–water partition coefficient (Wildman–Crippen LogP) is 1.88. The van der Waals surface area contributed by atoms with Gasteiger partial charge in [0.2, 0.25) is 0 Å². The molecule has 0 atom stereocenters. The molecule has 0 bridgehead atoms. The zero-order chi connectivity index (χ0) is 16.9. The first kappa shape index (κ1) is 16.7. The lowest BCUT2D eigenvalue weighted by molar-refractivity contribution is 0.102. The number of amides is 1. The number of hydrogen-bond donors (Lipinski definition) is 2. The number of anilines is 1. The molecule has 1 aliphatic rings. The van der Waals surface area contributed by atoms with Crippen LogP contribution in [-0.4, -0.2) is 45.4 Å². The Morgan fingerprint density at radius 2 is 2.17 bits per heavy atom. The second-order valence-corrected chi connectivity index (χ2v) is 6.46. The molecule has 1 aromatic heterocycles. The van der Waals surface area contributed by atoms with E-state index in [0.29, 0.717) is 18.1 Å². The Kier molecular flexibility index (Phi) is 5.27. The van der Waals surface area contributed by atoms with Crippen molar-refractivity contribution in [2.75, 3.05) is 25.0 Å². The van der Waals surface area contributed by atoms with Crippen molar-refractivity contribution in [2.45, 2.75) is 19.4 Å². The minimum absolute atomic E-state index is 0.149. The Morgan fingerprint density at radius 3 is 2.83 bits per heavy atom. The number of benzene rings is 1. The van der Waals surface area contributed by atoms with E-state index in [0.717, 1.165) is 38.2 Å². The van der Waals surface area contributed by atoms with Crippen LogP contribution in [0.25, 0.3) is 0 Å². The number of carbonyl (C=O) groups is 1. The molecule has 0 saturated carbocycles. The summed E-state index contributed by atoms with van der Waals surface area (Å²) in [7, 11) is 1.79. The monoisotopic (exact) mass is 328 g/mol. The van der Waals surface area contributed by atoms with Crippen LogP contribution < -0.4 is 5.32 Å². The second-order valence-electron chi connectivity index (χ2n) is 6.46. The van der Waals surface area contributed by atoms with Gasteiger partial charge in [0.25, 0.3) is 5.91 Å². The SMILES string of the molecule is Cn1cc(C(=O)Nc2cccc(CN3CCC(CO)CC3)c2)cn1. The maximum Gasteiger partial charge on any atom is 0.258 e. The minimum atomic E-state index is -0.149. The molecule has 0 spiro atoms. The molecule has 1 aromatic carbocycles. The normalized spacial score (nSPS) is 16.2. The van der Waals surface area contributed by atoms with E-state index in [1.807, 2.05) is 18.2 Å². The van der Waals surface area contributed by atoms with Crippen molar-refractivity contribution in [1.29, 1.82) is 0 Å². The van der Waals surface area contributed by atoms with Crippen LogP contribution >= 0.6 is 0 Å². The third-order valence-corrected chi connectivity index (χ3v) is 4.52. The summed E-state index contributed by atoms with van der Waals surface area (Å²) in [5.41, 5.74) is 2.53. The van der Waals surface area contributed by atoms with Crippen LogP contribution in [0.4, 0.5) is 5.69 Å². The van der Waals surface area contributed by atoms with Crippen LogP contribution in [0, 0.1) is 5.92 Å². The number of nitrogens with one attached hydrogen (secondary N) is 1. The van der Waals surface area contributed by atoms with Gasteiger partial charge >= 0.3 is 0 Å². The molecule has 1 fully saturated rings. The minimum Gasteiger partial charge on any atom is -0.396 e. The van der Waals surface area contributed by atoms with Crippen LogP contribution in [-0.2, 0) is 13.6 Å². The summed E-state index contributed by atoms with van der Waals surface area (Å²) in [6.45, 7) is 3.19. The van der Waals surface area contributed by atoms with Gasteiger partial charge in [-0.05, 0) is 49.5 Å². The Hall–Kier alpha value is -2.18. The van der Waals surface area contributed by atoms with Crippen molar-refractivity contribution < 1.29 is 9.90 Å². The topological polar surface area (TPSA) is 70.4 Å². The Morgan fingerprint density at radius 1 is 1.38 bits per heavy atom. The molecule has 0 unspecified atom stereocenters. The Labute approximate surface area is 142 Å². The van der Waals surface area contributed by atoms with Crippen LogP contribution in [0.15, 0.2) is 36.7 Å². The summed E-state index contributed by atoms with van der Waals surface area (Å²) in [4.78, 5) is 14.6. The molecule has 2 aromatic rings. The highest BCUT2D eigenvalue weighted by molar-refractivity contribution is 6.03. The Bertz CT molecular complexity index is 690. The van der Waals surface area contributed by atoms with Gasteiger partial charge in [-0.2, -0.15) is 5.10 Å². The highest BCUT2D eigenvalue weighted by Crippen LogP contribution is 2.20. The molecule has 3 rings (SSSR count). The summed E-state index contributed by atoms with van der Waals surface area (Å²) in [5.74, 6) is 0.301. The van der Waals surface area contributed by atoms with Gasteiger partial charge in [0.1, 0.15) is 0 Å². The van der Waals surface area contributed by atoms with Crippen molar-refractivity contribution in [3.05, 3.63) is 47.8 Å². The largest absolute Gasteiger partial charge is 0.396 e. The van der Waals surface area contributed by atoms with Crippen molar-refractivity contribution >= 4 is 11.6 Å². The molecule has 6 nitrogen and oxygen atoms in total. The van der Waals surface area contributed by atoms with E-state index in [9.17, 15) is 9.90 Å². The van der Waals surface area contributed by atoms with Crippen LogP contribution in [0.5, 0.6) is 0 Å². The van der Waals surface area contributed by atoms with E-state index in [4.69, 9.17) is 0 Å². The number of carbonyl (C=O) groups excluding carboxylic acids is 1. The molecule has 6 heteroatoms. The van der Waals surface area contributed by atoms with E-state index in [-0.39, 0.29) is 5.91 Å². The van der Waals surface area contributed by atoms with E-state index >= 15 is 0 Å². The molecule has 1 aliphatic heterocycles. The molecule has 0 radical (unpaired) electrons. The number of aryl methyl sites for hydroxylation is 1. The van der Waals surface area contributed by atoms with Crippen LogP contribution in [0.1, 0.15) is 28.8 Å². The molecular formula is C18H24N4O2. The first-order chi connectivity index (χ1) is 11.6. The third-order valence-electron chi connectivity index (χ3n) is 4.52. The number of rotatable bonds is 5. The maximum atomic E-state index is 12.2. The summed E-state index contributed by atoms with van der Waals surface area (Å²) >= 11 is 0. The van der Waals surface area contributed by atoms with E-state index < -0.39 is 0 Å². The van der Waals surface area contributed by atoms with Crippen molar-refractivity contribution in [2.24, 2.45) is 13.0 Å². The van der Waals surface area contributed by atoms with E-state index in [1.54, 1.807) is 24.1 Å². The highest BCUT2D eigenvalue weighted by Gasteiger charge is 2.18. The number of piperidine rings is 1. The molecule has 128 valence electrons. The summed E-state index contributed by atoms with van der Waals surface area (Å²) < 4.78 is 1.61. The Balaban J connectivity index is 1.59. The average Bonchev–Trinajstić information content (AvgIpc) is 3.02. The smallest absolute Gasteiger partial charge is 0.258 e. The predicted molar refractivity (Wildman–Crippen MR) is 92.7 cm³/mol. The molecule has 24 heavy (non-hydrogen) atoms. The molecule has 2 N–H and O–H groups in total. The fraction of sp³-hybridized carbons (Fsp3) is 0.444. The molecular weight excluding hydrogens is 304 g/mol. The molecule has 1 saturated heterocycles. The highest BCUT2D eigenvalue weighted by atomic mass is 16.3. The number of nitrogens with zero attached hydrogens (tertiary/aromatic N) is 3. The van der Waals surface area contributed by atoms with Gasteiger partial charge in [-0.25, -0.2) is 0 Å². The van der Waals surface area contributed by atoms with E-state index in [1.165, 1.54) is 5.56 Å². The number of likely N-dealkylation sites (tertiary alicyclic amines) is 1. The quantitative estimate of drug-likeness (QED) is 0.879. The van der Waals surface area contributed by atoms with Crippen molar-refractivity contribution in [3.63, 3.8) is 0 Å². The number of aromatic nitrogens is 2. The zero-order valence-electron chi connectivity index (χ0n) is 14.0. The first-order valence-corrected chi connectivity index (χ1v) is 8.36. The average molecular weight is 328 g/mol. The second kappa shape index (κ2) is 7.59. The fourth-order valence-corrected chi connectivity index (χ4v) is 3.07. The lowest BCUT2D eigenvalue weighted by Gasteiger charge is -2.31. The number of aliphatic hydroxyl groups is 1. The van der Waals surface area contributed by atoms with Gasteiger partial charge in [-0.15, -0.1) is 0 Å². The standard InChI is InChI=1S/C18H24N4O2/c1-21-12-16(10-19-21)18(24)20-17-4-2-3-15(9-17)11-22-7-5-14(13-23)6-8-22/h2-4,9-10,12,14,23H,5-8,11,13H2,1H3,(H,20,24). The zero-order valence-corrected chi connectivity index (χ0v) is 14.0. The van der Waals surface area contributed by atoms with Crippen LogP contribution in [0.2, 0.25) is 0 Å². The van der Waals surface area contributed by atoms with Gasteiger partial charge < -0.3 is 10.4 Å². The van der Waals surface area contributed by atoms with Gasteiger partial charge in [-0.3, -0.25) is 14.4 Å². The maximum absolute atomic E-state index is 12.2. The third kappa shape index (κ3) is 4.21.